The number of carboxylic acid groups (broad SMARTS) is 1. The summed E-state index contributed by atoms with van der Waals surface area (Å²) < 4.78 is 0. The fraction of sp³-hybridized carbons (Fsp3) is 0.661. The molecule has 88 heavy (non-hydrogen) atoms. The Balaban J connectivity index is 2.22. The summed E-state index contributed by atoms with van der Waals surface area (Å²) in [5.41, 5.74) is 38.0. The second-order valence-electron chi connectivity index (χ2n) is 22.4. The Morgan fingerprint density at radius 1 is 0.625 bits per heavy atom. The molecule has 0 aromatic heterocycles. The minimum absolute atomic E-state index is 0.0281. The molecule has 1 aromatic carbocycles. The van der Waals surface area contributed by atoms with Gasteiger partial charge in [-0.1, -0.05) is 57.1 Å². The molecule has 0 aliphatic carbocycles. The van der Waals surface area contributed by atoms with E-state index in [1.807, 2.05) is 0 Å². The fourth-order valence-corrected chi connectivity index (χ4v) is 9.21. The number of benzene rings is 1. The number of carboxylic acids is 1. The van der Waals surface area contributed by atoms with Crippen molar-refractivity contribution in [3.8, 4) is 0 Å². The zero-order valence-electron chi connectivity index (χ0n) is 51.3. The topological polar surface area (TPSA) is 528 Å². The molecule has 0 bridgehead atoms. The number of amides is 11. The van der Waals surface area contributed by atoms with E-state index in [-0.39, 0.29) is 102 Å². The average molecular weight is 1240 g/mol. The average Bonchev–Trinajstić information content (AvgIpc) is 2.41. The zero-order valence-corrected chi connectivity index (χ0v) is 51.3. The SMILES string of the molecule is CC(C)C[C@H](NC(=O)[C@H](CCCCN)NC(=O)[C@@H](NC(=O)[C@H](CCCN=C(N)N)NC(=O)[C@H](CCCCN)NC(=O)[C@H](C)NC(=O)[C@H](C)NC(=O)[C@@H]1CCCN1C(=O)CCC(=O)NCc1ccc(CN=[N+]=[N-])cc1)C(C)C)C(=O)N[C@@H](CC(=O)O)C(N)=O. The second kappa shape index (κ2) is 39.9. The molecule has 11 amide bonds. The summed E-state index contributed by atoms with van der Waals surface area (Å²) in [5.74, 6) is -10.8. The monoisotopic (exact) mass is 1240 g/mol. The van der Waals surface area contributed by atoms with E-state index in [2.05, 4.69) is 62.9 Å². The molecule has 9 atom stereocenters. The van der Waals surface area contributed by atoms with Crippen LogP contribution in [0.3, 0.4) is 0 Å². The first-order valence-electron chi connectivity index (χ1n) is 29.7. The number of carbonyl (C=O) groups excluding carboxylic acids is 11. The van der Waals surface area contributed by atoms with Gasteiger partial charge in [0.05, 0.1) is 13.0 Å². The molecule has 0 spiro atoms. The van der Waals surface area contributed by atoms with Gasteiger partial charge in [0.2, 0.25) is 65.0 Å². The molecule has 1 heterocycles. The third-order valence-electron chi connectivity index (χ3n) is 14.1. The van der Waals surface area contributed by atoms with Gasteiger partial charge >= 0.3 is 5.97 Å². The maximum atomic E-state index is 14.3. The molecule has 1 aliphatic rings. The van der Waals surface area contributed by atoms with Crippen molar-refractivity contribution in [1.29, 1.82) is 0 Å². The summed E-state index contributed by atoms with van der Waals surface area (Å²) in [4.78, 5) is 168. The number of rotatable bonds is 41. The van der Waals surface area contributed by atoms with Crippen LogP contribution in [0.5, 0.6) is 0 Å². The van der Waals surface area contributed by atoms with Crippen molar-refractivity contribution in [3.63, 3.8) is 0 Å². The molecule has 32 nitrogen and oxygen atoms in total. The van der Waals surface area contributed by atoms with Gasteiger partial charge in [0.15, 0.2) is 5.96 Å². The lowest BCUT2D eigenvalue weighted by atomic mass is 9.99. The number of aliphatic carboxylic acids is 1. The van der Waals surface area contributed by atoms with Crippen molar-refractivity contribution in [1.82, 2.24) is 52.8 Å². The molecular formula is C56H93N19O13. The summed E-state index contributed by atoms with van der Waals surface area (Å²) in [7, 11) is 0. The molecule has 32 heteroatoms. The maximum absolute atomic E-state index is 14.3. The number of nitrogens with zero attached hydrogens (tertiary/aromatic N) is 5. The van der Waals surface area contributed by atoms with E-state index in [1.54, 1.807) is 52.0 Å². The van der Waals surface area contributed by atoms with Crippen molar-refractivity contribution in [3.05, 3.63) is 45.8 Å². The first kappa shape index (κ1) is 75.5. The molecule has 0 unspecified atom stereocenters. The molecule has 0 radical (unpaired) electrons. The lowest BCUT2D eigenvalue weighted by Gasteiger charge is -2.29. The highest BCUT2D eigenvalue weighted by molar-refractivity contribution is 5.99. The maximum Gasteiger partial charge on any atom is 0.305 e. The number of azide groups is 1. The third kappa shape index (κ3) is 28.3. The predicted octanol–water partition coefficient (Wildman–Crippen LogP) is -2.22. The Hall–Kier alpha value is -8.64. The van der Waals surface area contributed by atoms with Crippen LogP contribution in [-0.2, 0) is 70.6 Å². The van der Waals surface area contributed by atoms with E-state index in [9.17, 15) is 62.6 Å². The van der Waals surface area contributed by atoms with Crippen LogP contribution < -0.4 is 76.5 Å². The summed E-state index contributed by atoms with van der Waals surface area (Å²) in [6.07, 6.45) is 1.39. The highest BCUT2D eigenvalue weighted by Gasteiger charge is 2.37. The predicted molar refractivity (Wildman–Crippen MR) is 323 cm³/mol. The third-order valence-corrected chi connectivity index (χ3v) is 14.1. The van der Waals surface area contributed by atoms with Crippen LogP contribution in [0.1, 0.15) is 143 Å². The minimum Gasteiger partial charge on any atom is -0.481 e. The molecule has 490 valence electrons. The molecule has 1 aromatic rings. The van der Waals surface area contributed by atoms with Crippen molar-refractivity contribution < 1.29 is 62.6 Å². The van der Waals surface area contributed by atoms with E-state index in [4.69, 9.17) is 34.2 Å². The number of carbonyl (C=O) groups is 12. The van der Waals surface area contributed by atoms with Crippen molar-refractivity contribution in [2.24, 2.45) is 50.6 Å². The largest absolute Gasteiger partial charge is 0.481 e. The van der Waals surface area contributed by atoms with Crippen LogP contribution in [-0.4, -0.2) is 167 Å². The summed E-state index contributed by atoms with van der Waals surface area (Å²) >= 11 is 0. The van der Waals surface area contributed by atoms with E-state index < -0.39 is 132 Å². The van der Waals surface area contributed by atoms with Crippen molar-refractivity contribution in [2.75, 3.05) is 26.2 Å². The number of guanidine groups is 1. The first-order valence-corrected chi connectivity index (χ1v) is 29.7. The van der Waals surface area contributed by atoms with Gasteiger partial charge in [-0.15, -0.1) is 0 Å². The highest BCUT2D eigenvalue weighted by atomic mass is 16.4. The number of nitrogens with two attached hydrogens (primary N) is 5. The minimum atomic E-state index is -1.59. The fourth-order valence-electron chi connectivity index (χ4n) is 9.21. The van der Waals surface area contributed by atoms with Gasteiger partial charge in [-0.05, 0) is 126 Å². The van der Waals surface area contributed by atoms with Crippen molar-refractivity contribution >= 4 is 76.9 Å². The second-order valence-corrected chi connectivity index (χ2v) is 22.4. The number of likely N-dealkylation sites (tertiary alicyclic amines) is 1. The van der Waals surface area contributed by atoms with Crippen LogP contribution in [0.2, 0.25) is 0 Å². The van der Waals surface area contributed by atoms with Gasteiger partial charge in [0.1, 0.15) is 54.4 Å². The van der Waals surface area contributed by atoms with Gasteiger partial charge in [0, 0.05) is 37.4 Å². The van der Waals surface area contributed by atoms with E-state index in [1.165, 1.54) is 18.7 Å². The smallest absolute Gasteiger partial charge is 0.305 e. The molecule has 0 saturated carbocycles. The standard InChI is InChI=1S/C56H93N19O13/c1-31(2)27-41(53(86)71-40(47(59)80)28-45(78)79)72-51(84)38(14-8-10-24-58)70-55(88)46(32(3)4)73-52(85)39(15-11-25-63-56(60)61)69-50(83)37(13-7-9-23-57)68-49(82)34(6)66-48(81)33(5)67-54(87)42-16-12-26-75(42)44(77)22-21-43(76)64-29-35-17-19-36(20-18-35)30-65-74-62/h17-20,31-34,37-42,46H,7-16,21-30,57-58H2,1-6H3,(H2,59,80)(H,64,76)(H,66,81)(H,67,87)(H,68,82)(H,69,83)(H,70,88)(H,71,86)(H,72,84)(H,73,85)(H,78,79)(H4,60,61,63)/t33-,34-,37-,38-,39-,40-,41-,42-,46-/m0/s1. The number of hydrogen-bond donors (Lipinski definition) is 15. The van der Waals surface area contributed by atoms with Gasteiger partial charge in [-0.2, -0.15) is 0 Å². The Morgan fingerprint density at radius 3 is 1.66 bits per heavy atom. The van der Waals surface area contributed by atoms with Crippen LogP contribution in [0.25, 0.3) is 10.4 Å². The summed E-state index contributed by atoms with van der Waals surface area (Å²) in [6.45, 7) is 10.7. The van der Waals surface area contributed by atoms with Gasteiger partial charge < -0.3 is 86.5 Å². The molecule has 20 N–H and O–H groups in total. The molecule has 2 rings (SSSR count). The van der Waals surface area contributed by atoms with E-state index in [0.717, 1.165) is 11.1 Å². The molecule has 1 fully saturated rings. The van der Waals surface area contributed by atoms with Crippen molar-refractivity contribution in [2.45, 2.75) is 199 Å². The van der Waals surface area contributed by atoms with Gasteiger partial charge in [-0.25, -0.2) is 0 Å². The van der Waals surface area contributed by atoms with Gasteiger partial charge in [-0.3, -0.25) is 62.5 Å². The van der Waals surface area contributed by atoms with E-state index >= 15 is 0 Å². The zero-order chi connectivity index (χ0) is 66.0. The van der Waals surface area contributed by atoms with Crippen LogP contribution >= 0.6 is 0 Å². The lowest BCUT2D eigenvalue weighted by Crippen LogP contribution is -2.61. The van der Waals surface area contributed by atoms with Gasteiger partial charge in [0.25, 0.3) is 0 Å². The van der Waals surface area contributed by atoms with Crippen LogP contribution in [0.15, 0.2) is 34.4 Å². The molecule has 1 aliphatic heterocycles. The summed E-state index contributed by atoms with van der Waals surface area (Å²) in [6, 6.07) is -4.49. The summed E-state index contributed by atoms with van der Waals surface area (Å²) in [5, 5.41) is 36.2. The Labute approximate surface area is 512 Å². The number of aliphatic imine (C=N–C) groups is 1. The highest BCUT2D eigenvalue weighted by Crippen LogP contribution is 2.20. The Bertz CT molecular complexity index is 2610. The van der Waals surface area contributed by atoms with Crippen LogP contribution in [0, 0.1) is 11.8 Å². The lowest BCUT2D eigenvalue weighted by molar-refractivity contribution is -0.140. The Kier molecular flexibility index (Phi) is 34.2. The number of nitrogens with one attached hydrogen (secondary N) is 9. The first-order chi connectivity index (χ1) is 41.6. The number of primary amides is 1. The normalized spacial score (nSPS) is 15.4. The molecule has 1 saturated heterocycles. The number of hydrogen-bond acceptors (Lipinski definition) is 16. The van der Waals surface area contributed by atoms with Crippen LogP contribution in [0.4, 0.5) is 0 Å². The quantitative estimate of drug-likeness (QED) is 0.00824. The number of unbranched alkanes of at least 4 members (excludes halogenated alkanes) is 2. The Morgan fingerprint density at radius 2 is 1.12 bits per heavy atom. The molecular weight excluding hydrogens is 1150 g/mol. The van der Waals surface area contributed by atoms with E-state index in [0.29, 0.717) is 38.5 Å².